The summed E-state index contributed by atoms with van der Waals surface area (Å²) in [4.78, 5) is 22.4. The van der Waals surface area contributed by atoms with E-state index in [1.165, 1.54) is 0 Å². The monoisotopic (exact) mass is 434 g/mol. The van der Waals surface area contributed by atoms with Crippen LogP contribution in [-0.4, -0.2) is 63.7 Å². The molecule has 8 nitrogen and oxygen atoms in total. The maximum Gasteiger partial charge on any atom is 0.253 e. The Bertz CT molecular complexity index is 1130. The second kappa shape index (κ2) is 8.09. The molecule has 168 valence electrons. The van der Waals surface area contributed by atoms with Crippen molar-refractivity contribution in [3.63, 3.8) is 0 Å². The molecule has 2 aliphatic rings. The number of hydrogen-bond acceptors (Lipinski definition) is 6. The van der Waals surface area contributed by atoms with Gasteiger partial charge in [0.1, 0.15) is 5.75 Å². The maximum atomic E-state index is 13.0. The first-order valence-electron chi connectivity index (χ1n) is 11.3. The van der Waals surface area contributed by atoms with Crippen LogP contribution in [0.4, 0.5) is 5.95 Å². The minimum absolute atomic E-state index is 0.0615. The van der Waals surface area contributed by atoms with E-state index in [2.05, 4.69) is 46.0 Å². The van der Waals surface area contributed by atoms with E-state index in [-0.39, 0.29) is 17.5 Å². The Hall–Kier alpha value is -3.13. The van der Waals surface area contributed by atoms with Crippen molar-refractivity contribution in [2.24, 2.45) is 0 Å². The predicted octanol–water partition coefficient (Wildman–Crippen LogP) is 2.90. The summed E-state index contributed by atoms with van der Waals surface area (Å²) in [6.07, 6.45) is 2.51. The van der Waals surface area contributed by atoms with Crippen LogP contribution < -0.4 is 15.0 Å². The fourth-order valence-corrected chi connectivity index (χ4v) is 4.45. The standard InChI is InChI=1S/C24H30N6O2/c1-24(2,3)29-13-11-28(12-14-29)23-26-21-9-8-17(16-30(21)27-23)22(31)25-19-10-15-32-20-7-5-4-6-18(19)20/h4-9,16,19H,10-15H2,1-3H3,(H,25,31)/t19-/m0/s1. The molecular weight excluding hydrogens is 404 g/mol. The first kappa shape index (κ1) is 20.8. The van der Waals surface area contributed by atoms with E-state index in [9.17, 15) is 4.79 Å². The van der Waals surface area contributed by atoms with Crippen LogP contribution >= 0.6 is 0 Å². The van der Waals surface area contributed by atoms with Crippen LogP contribution in [0.5, 0.6) is 5.75 Å². The number of fused-ring (bicyclic) bond motifs is 2. The van der Waals surface area contributed by atoms with Crippen molar-refractivity contribution < 1.29 is 9.53 Å². The third-order valence-corrected chi connectivity index (χ3v) is 6.36. The highest BCUT2D eigenvalue weighted by Crippen LogP contribution is 2.31. The fraction of sp³-hybridized carbons (Fsp3) is 0.458. The van der Waals surface area contributed by atoms with Crippen molar-refractivity contribution in [3.05, 3.63) is 53.7 Å². The predicted molar refractivity (Wildman–Crippen MR) is 123 cm³/mol. The number of carbonyl (C=O) groups excluding carboxylic acids is 1. The van der Waals surface area contributed by atoms with E-state index < -0.39 is 0 Å². The Balaban J connectivity index is 1.30. The fourth-order valence-electron chi connectivity index (χ4n) is 4.45. The average Bonchev–Trinajstić information content (AvgIpc) is 3.22. The molecule has 32 heavy (non-hydrogen) atoms. The number of para-hydroxylation sites is 1. The van der Waals surface area contributed by atoms with Crippen molar-refractivity contribution in [3.8, 4) is 5.75 Å². The molecule has 5 rings (SSSR count). The average molecular weight is 435 g/mol. The molecule has 1 N–H and O–H groups in total. The van der Waals surface area contributed by atoms with Gasteiger partial charge in [-0.3, -0.25) is 9.69 Å². The van der Waals surface area contributed by atoms with Gasteiger partial charge in [-0.2, -0.15) is 4.98 Å². The SMILES string of the molecule is CC(C)(C)N1CCN(c2nc3ccc(C(=O)N[C@H]4CCOc5ccccc54)cn3n2)CC1. The highest BCUT2D eigenvalue weighted by molar-refractivity contribution is 5.94. The lowest BCUT2D eigenvalue weighted by atomic mass is 10.0. The number of aromatic nitrogens is 3. The van der Waals surface area contributed by atoms with E-state index in [1.54, 1.807) is 10.7 Å². The van der Waals surface area contributed by atoms with Crippen LogP contribution in [0, 0.1) is 0 Å². The van der Waals surface area contributed by atoms with Gasteiger partial charge in [0.25, 0.3) is 5.91 Å². The maximum absolute atomic E-state index is 13.0. The molecule has 8 heteroatoms. The van der Waals surface area contributed by atoms with Crippen LogP contribution in [0.25, 0.3) is 5.65 Å². The Labute approximate surface area is 188 Å². The van der Waals surface area contributed by atoms with Crippen molar-refractivity contribution in [2.45, 2.75) is 38.8 Å². The smallest absolute Gasteiger partial charge is 0.253 e. The largest absolute Gasteiger partial charge is 0.493 e. The summed E-state index contributed by atoms with van der Waals surface area (Å²) >= 11 is 0. The van der Waals surface area contributed by atoms with Crippen LogP contribution in [0.2, 0.25) is 0 Å². The van der Waals surface area contributed by atoms with E-state index in [1.807, 2.05) is 36.4 Å². The number of hydrogen-bond donors (Lipinski definition) is 1. The van der Waals surface area contributed by atoms with Gasteiger partial charge in [-0.15, -0.1) is 5.10 Å². The third kappa shape index (κ3) is 4.02. The number of nitrogens with one attached hydrogen (secondary N) is 1. The molecule has 0 unspecified atom stereocenters. The number of benzene rings is 1. The first-order valence-corrected chi connectivity index (χ1v) is 11.3. The summed E-state index contributed by atoms with van der Waals surface area (Å²) in [6.45, 7) is 11.1. The molecule has 0 radical (unpaired) electrons. The molecule has 0 saturated carbocycles. The number of piperazine rings is 1. The topological polar surface area (TPSA) is 75.0 Å². The van der Waals surface area contributed by atoms with Crippen LogP contribution in [-0.2, 0) is 0 Å². The Morgan fingerprint density at radius 2 is 1.88 bits per heavy atom. The van der Waals surface area contributed by atoms with Gasteiger partial charge >= 0.3 is 0 Å². The third-order valence-electron chi connectivity index (χ3n) is 6.36. The number of carbonyl (C=O) groups is 1. The molecule has 3 aromatic rings. The van der Waals surface area contributed by atoms with Gasteiger partial charge in [-0.1, -0.05) is 18.2 Å². The summed E-state index contributed by atoms with van der Waals surface area (Å²) < 4.78 is 7.41. The number of amides is 1. The molecule has 2 aromatic heterocycles. The molecule has 1 saturated heterocycles. The summed E-state index contributed by atoms with van der Waals surface area (Å²) in [5.41, 5.74) is 2.50. The van der Waals surface area contributed by atoms with Crippen molar-refractivity contribution in [1.29, 1.82) is 0 Å². The van der Waals surface area contributed by atoms with Crippen molar-refractivity contribution >= 4 is 17.5 Å². The molecular formula is C24H30N6O2. The molecule has 1 amide bonds. The quantitative estimate of drug-likeness (QED) is 0.683. The van der Waals surface area contributed by atoms with Gasteiger partial charge in [0.15, 0.2) is 5.65 Å². The summed E-state index contributed by atoms with van der Waals surface area (Å²) in [7, 11) is 0. The van der Waals surface area contributed by atoms with Crippen molar-refractivity contribution in [1.82, 2.24) is 24.8 Å². The molecule has 1 aromatic carbocycles. The second-order valence-electron chi connectivity index (χ2n) is 9.48. The lowest BCUT2D eigenvalue weighted by Crippen LogP contribution is -2.53. The highest BCUT2D eigenvalue weighted by Gasteiger charge is 2.27. The van der Waals surface area contributed by atoms with E-state index in [4.69, 9.17) is 4.74 Å². The molecule has 0 bridgehead atoms. The van der Waals surface area contributed by atoms with Crippen LogP contribution in [0.3, 0.4) is 0 Å². The minimum Gasteiger partial charge on any atom is -0.493 e. The number of rotatable bonds is 3. The molecule has 4 heterocycles. The van der Waals surface area contributed by atoms with Gasteiger partial charge in [-0.25, -0.2) is 4.52 Å². The first-order chi connectivity index (χ1) is 15.4. The lowest BCUT2D eigenvalue weighted by Gasteiger charge is -2.41. The van der Waals surface area contributed by atoms with Gasteiger partial charge in [-0.05, 0) is 39.0 Å². The van der Waals surface area contributed by atoms with Gasteiger partial charge in [0.2, 0.25) is 5.95 Å². The minimum atomic E-state index is -0.121. The lowest BCUT2D eigenvalue weighted by molar-refractivity contribution is 0.0924. The molecule has 0 aliphatic carbocycles. The van der Waals surface area contributed by atoms with Crippen LogP contribution in [0.1, 0.15) is 49.2 Å². The molecule has 0 spiro atoms. The molecule has 2 aliphatic heterocycles. The van der Waals surface area contributed by atoms with Crippen molar-refractivity contribution in [2.75, 3.05) is 37.7 Å². The normalized spacial score (nSPS) is 19.5. The summed E-state index contributed by atoms with van der Waals surface area (Å²) in [6, 6.07) is 11.5. The summed E-state index contributed by atoms with van der Waals surface area (Å²) in [5, 5.41) is 7.81. The number of pyridine rings is 1. The Kier molecular flexibility index (Phi) is 5.25. The zero-order valence-electron chi connectivity index (χ0n) is 18.9. The van der Waals surface area contributed by atoms with E-state index in [0.29, 0.717) is 12.2 Å². The zero-order chi connectivity index (χ0) is 22.3. The molecule has 1 atom stereocenters. The second-order valence-corrected chi connectivity index (χ2v) is 9.48. The number of anilines is 1. The Morgan fingerprint density at radius 1 is 1.09 bits per heavy atom. The van der Waals surface area contributed by atoms with Gasteiger partial charge in [0.05, 0.1) is 18.2 Å². The number of nitrogens with zero attached hydrogens (tertiary/aromatic N) is 5. The van der Waals surface area contributed by atoms with E-state index >= 15 is 0 Å². The molecule has 1 fully saturated rings. The summed E-state index contributed by atoms with van der Waals surface area (Å²) in [5.74, 6) is 1.44. The number of ether oxygens (including phenoxy) is 1. The van der Waals surface area contributed by atoms with Crippen LogP contribution in [0.15, 0.2) is 42.6 Å². The van der Waals surface area contributed by atoms with Gasteiger partial charge in [0, 0.05) is 49.9 Å². The zero-order valence-corrected chi connectivity index (χ0v) is 18.9. The highest BCUT2D eigenvalue weighted by atomic mass is 16.5. The Morgan fingerprint density at radius 3 is 2.66 bits per heavy atom. The van der Waals surface area contributed by atoms with E-state index in [0.717, 1.165) is 55.5 Å². The van der Waals surface area contributed by atoms with Gasteiger partial charge < -0.3 is 15.0 Å².